The molecular formula is C22H22N4O2. The number of ether oxygens (including phenoxy) is 2. The minimum atomic E-state index is 0.116. The van der Waals surface area contributed by atoms with Crippen molar-refractivity contribution in [1.82, 2.24) is 19.9 Å². The van der Waals surface area contributed by atoms with Crippen LogP contribution in [0.1, 0.15) is 28.6 Å². The van der Waals surface area contributed by atoms with E-state index in [0.29, 0.717) is 6.61 Å². The first-order valence-corrected chi connectivity index (χ1v) is 9.48. The minimum absolute atomic E-state index is 0.116. The highest BCUT2D eigenvalue weighted by atomic mass is 16.5. The number of hydrogen-bond donors (Lipinski definition) is 1. The molecule has 1 aromatic carbocycles. The van der Waals surface area contributed by atoms with Crippen molar-refractivity contribution in [1.29, 1.82) is 0 Å². The maximum absolute atomic E-state index is 5.99. The Bertz CT molecular complexity index is 1010. The van der Waals surface area contributed by atoms with Crippen LogP contribution in [0.15, 0.2) is 54.6 Å². The van der Waals surface area contributed by atoms with E-state index < -0.39 is 0 Å². The van der Waals surface area contributed by atoms with E-state index in [1.54, 1.807) is 13.4 Å². The summed E-state index contributed by atoms with van der Waals surface area (Å²) in [7, 11) is 1.69. The third-order valence-electron chi connectivity index (χ3n) is 5.44. The van der Waals surface area contributed by atoms with E-state index in [1.807, 2.05) is 30.6 Å². The highest BCUT2D eigenvalue weighted by Gasteiger charge is 2.31. The van der Waals surface area contributed by atoms with Crippen molar-refractivity contribution in [3.05, 3.63) is 77.1 Å². The molecule has 0 spiro atoms. The van der Waals surface area contributed by atoms with Gasteiger partial charge in [0.05, 0.1) is 25.2 Å². The zero-order valence-electron chi connectivity index (χ0n) is 15.8. The number of aromatic nitrogens is 3. The van der Waals surface area contributed by atoms with Crippen LogP contribution in [0.2, 0.25) is 0 Å². The van der Waals surface area contributed by atoms with E-state index in [2.05, 4.69) is 38.1 Å². The standard InChI is InChI=1S/C22H22N4O2/c1-27-18-2-3-20-17(11-18)10-15(13-28-20)12-26-9-6-19-21(25-14-24-19)22(26)16-4-7-23-8-5-16/h2-5,7-8,10-11,14,22H,6,9,12-13H2,1H3,(H,24,25). The number of methoxy groups -OCH3 is 1. The smallest absolute Gasteiger partial charge is 0.127 e. The van der Waals surface area contributed by atoms with Gasteiger partial charge in [0.25, 0.3) is 0 Å². The number of nitrogens with one attached hydrogen (secondary N) is 1. The Balaban J connectivity index is 1.46. The van der Waals surface area contributed by atoms with Gasteiger partial charge in [-0.05, 0) is 47.5 Å². The number of rotatable bonds is 4. The zero-order chi connectivity index (χ0) is 18.9. The maximum atomic E-state index is 5.99. The van der Waals surface area contributed by atoms with E-state index in [-0.39, 0.29) is 6.04 Å². The third-order valence-corrected chi connectivity index (χ3v) is 5.44. The first-order chi connectivity index (χ1) is 13.8. The van der Waals surface area contributed by atoms with Gasteiger partial charge in [-0.1, -0.05) is 0 Å². The van der Waals surface area contributed by atoms with Gasteiger partial charge in [-0.15, -0.1) is 0 Å². The Labute approximate surface area is 163 Å². The minimum Gasteiger partial charge on any atom is -0.497 e. The van der Waals surface area contributed by atoms with Gasteiger partial charge in [0, 0.05) is 43.2 Å². The number of benzene rings is 1. The van der Waals surface area contributed by atoms with Crippen molar-refractivity contribution in [3.63, 3.8) is 0 Å². The van der Waals surface area contributed by atoms with E-state index >= 15 is 0 Å². The number of nitrogens with zero attached hydrogens (tertiary/aromatic N) is 3. The lowest BCUT2D eigenvalue weighted by Crippen LogP contribution is -2.38. The number of pyridine rings is 1. The molecule has 0 saturated carbocycles. The van der Waals surface area contributed by atoms with Crippen LogP contribution in [0, 0.1) is 0 Å². The molecule has 3 aromatic rings. The van der Waals surface area contributed by atoms with Gasteiger partial charge in [0.15, 0.2) is 0 Å². The average Bonchev–Trinajstić information content (AvgIpc) is 3.22. The zero-order valence-corrected chi connectivity index (χ0v) is 15.8. The van der Waals surface area contributed by atoms with Gasteiger partial charge in [-0.3, -0.25) is 9.88 Å². The summed E-state index contributed by atoms with van der Waals surface area (Å²) in [5.41, 5.74) is 5.86. The summed E-state index contributed by atoms with van der Waals surface area (Å²) in [6, 6.07) is 10.2. The first-order valence-electron chi connectivity index (χ1n) is 9.48. The largest absolute Gasteiger partial charge is 0.497 e. The van der Waals surface area contributed by atoms with Crippen LogP contribution >= 0.6 is 0 Å². The van der Waals surface area contributed by atoms with Gasteiger partial charge < -0.3 is 14.5 Å². The Morgan fingerprint density at radius 3 is 3.00 bits per heavy atom. The molecule has 1 atom stereocenters. The van der Waals surface area contributed by atoms with Gasteiger partial charge >= 0.3 is 0 Å². The molecule has 0 amide bonds. The molecular weight excluding hydrogens is 352 g/mol. The van der Waals surface area contributed by atoms with Gasteiger partial charge in [-0.25, -0.2) is 4.98 Å². The molecule has 0 aliphatic carbocycles. The van der Waals surface area contributed by atoms with Crippen LogP contribution in [0.3, 0.4) is 0 Å². The first kappa shape index (κ1) is 17.0. The van der Waals surface area contributed by atoms with Crippen LogP contribution in [0.4, 0.5) is 0 Å². The summed E-state index contributed by atoms with van der Waals surface area (Å²) in [5, 5.41) is 0. The highest BCUT2D eigenvalue weighted by Crippen LogP contribution is 2.35. The molecule has 0 saturated heterocycles. The van der Waals surface area contributed by atoms with Crippen molar-refractivity contribution >= 4 is 6.08 Å². The number of imidazole rings is 1. The fourth-order valence-corrected chi connectivity index (χ4v) is 4.09. The average molecular weight is 374 g/mol. The number of aromatic amines is 1. The molecule has 0 bridgehead atoms. The fraction of sp³-hybridized carbons (Fsp3) is 0.273. The molecule has 2 aliphatic heterocycles. The van der Waals surface area contributed by atoms with Crippen molar-refractivity contribution in [2.75, 3.05) is 26.8 Å². The highest BCUT2D eigenvalue weighted by molar-refractivity contribution is 5.64. The SMILES string of the molecule is COc1ccc2c(c1)C=C(CN1CCc3[nH]cnc3C1c1ccncc1)CO2. The fourth-order valence-electron chi connectivity index (χ4n) is 4.09. The lowest BCUT2D eigenvalue weighted by molar-refractivity contribution is 0.217. The quantitative estimate of drug-likeness (QED) is 0.760. The predicted molar refractivity (Wildman–Crippen MR) is 106 cm³/mol. The van der Waals surface area contributed by atoms with Gasteiger partial charge in [0.2, 0.25) is 0 Å². The van der Waals surface area contributed by atoms with Crippen LogP contribution in [-0.2, 0) is 6.42 Å². The molecule has 0 fully saturated rings. The van der Waals surface area contributed by atoms with E-state index in [0.717, 1.165) is 42.3 Å². The summed E-state index contributed by atoms with van der Waals surface area (Å²) >= 11 is 0. The molecule has 28 heavy (non-hydrogen) atoms. The Hall–Kier alpha value is -3.12. The maximum Gasteiger partial charge on any atom is 0.127 e. The molecule has 6 heteroatoms. The van der Waals surface area contributed by atoms with Crippen molar-refractivity contribution in [2.24, 2.45) is 0 Å². The monoisotopic (exact) mass is 374 g/mol. The molecule has 1 unspecified atom stereocenters. The normalized spacial score (nSPS) is 18.6. The van der Waals surface area contributed by atoms with Crippen LogP contribution in [-0.4, -0.2) is 46.7 Å². The molecule has 5 rings (SSSR count). The Morgan fingerprint density at radius 2 is 2.14 bits per heavy atom. The summed E-state index contributed by atoms with van der Waals surface area (Å²) in [5.74, 6) is 1.75. The topological polar surface area (TPSA) is 63.3 Å². The molecule has 2 aromatic heterocycles. The molecule has 1 N–H and O–H groups in total. The second-order valence-electron chi connectivity index (χ2n) is 7.16. The Kier molecular flexibility index (Phi) is 4.33. The van der Waals surface area contributed by atoms with Crippen LogP contribution in [0.5, 0.6) is 11.5 Å². The number of hydrogen-bond acceptors (Lipinski definition) is 5. The van der Waals surface area contributed by atoms with Crippen molar-refractivity contribution in [3.8, 4) is 11.5 Å². The summed E-state index contributed by atoms with van der Waals surface area (Å²) in [4.78, 5) is 14.6. The van der Waals surface area contributed by atoms with Crippen LogP contribution in [0.25, 0.3) is 6.08 Å². The predicted octanol–water partition coefficient (Wildman–Crippen LogP) is 3.24. The second kappa shape index (κ2) is 7.13. The van der Waals surface area contributed by atoms with Gasteiger partial charge in [-0.2, -0.15) is 0 Å². The van der Waals surface area contributed by atoms with Crippen LogP contribution < -0.4 is 9.47 Å². The van der Waals surface area contributed by atoms with Crippen molar-refractivity contribution < 1.29 is 9.47 Å². The lowest BCUT2D eigenvalue weighted by Gasteiger charge is -2.36. The number of fused-ring (bicyclic) bond motifs is 2. The van der Waals surface area contributed by atoms with Crippen molar-refractivity contribution in [2.45, 2.75) is 12.5 Å². The molecule has 6 nitrogen and oxygen atoms in total. The Morgan fingerprint density at radius 1 is 1.25 bits per heavy atom. The number of H-pyrrole nitrogens is 1. The summed E-state index contributed by atoms with van der Waals surface area (Å²) < 4.78 is 11.3. The lowest BCUT2D eigenvalue weighted by atomic mass is 9.95. The van der Waals surface area contributed by atoms with E-state index in [1.165, 1.54) is 16.8 Å². The van der Waals surface area contributed by atoms with E-state index in [9.17, 15) is 0 Å². The molecule has 2 aliphatic rings. The molecule has 142 valence electrons. The molecule has 4 heterocycles. The summed E-state index contributed by atoms with van der Waals surface area (Å²) in [6.45, 7) is 2.40. The van der Waals surface area contributed by atoms with E-state index in [4.69, 9.17) is 9.47 Å². The second-order valence-corrected chi connectivity index (χ2v) is 7.16. The molecule has 0 radical (unpaired) electrons. The third kappa shape index (κ3) is 3.05. The van der Waals surface area contributed by atoms with Gasteiger partial charge in [0.1, 0.15) is 18.1 Å². The summed E-state index contributed by atoms with van der Waals surface area (Å²) in [6.07, 6.45) is 8.69.